The highest BCUT2D eigenvalue weighted by Crippen LogP contribution is 2.27. The molecule has 1 aromatic heterocycles. The van der Waals surface area contributed by atoms with Crippen molar-refractivity contribution in [3.63, 3.8) is 0 Å². The minimum atomic E-state index is -3.62. The van der Waals surface area contributed by atoms with Gasteiger partial charge in [-0.2, -0.15) is 0 Å². The minimum absolute atomic E-state index is 0.00435. The first-order valence-electron chi connectivity index (χ1n) is 5.80. The standard InChI is InChI=1S/C11H13N3O4S/c1-14-10-8(12)4-7(5-9(10)18-11(14)15)19(16,17)13-6-2-3-6/h4-6,13H,2-3,12H2,1H3. The maximum absolute atomic E-state index is 12.1. The number of fused-ring (bicyclic) bond motifs is 1. The highest BCUT2D eigenvalue weighted by molar-refractivity contribution is 7.89. The molecule has 1 saturated carbocycles. The first kappa shape index (κ1) is 12.2. The van der Waals surface area contributed by atoms with Gasteiger partial charge >= 0.3 is 5.76 Å². The van der Waals surface area contributed by atoms with Gasteiger partial charge in [0.05, 0.1) is 10.6 Å². The Hall–Kier alpha value is -1.80. The molecule has 0 spiro atoms. The van der Waals surface area contributed by atoms with Gasteiger partial charge in [0.2, 0.25) is 10.0 Å². The number of hydrogen-bond acceptors (Lipinski definition) is 5. The molecule has 8 heteroatoms. The van der Waals surface area contributed by atoms with Crippen molar-refractivity contribution in [1.29, 1.82) is 0 Å². The molecule has 2 aromatic rings. The van der Waals surface area contributed by atoms with Crippen molar-refractivity contribution in [3.8, 4) is 0 Å². The third-order valence-corrected chi connectivity index (χ3v) is 4.59. The quantitative estimate of drug-likeness (QED) is 0.780. The largest absolute Gasteiger partial charge is 0.419 e. The fourth-order valence-corrected chi connectivity index (χ4v) is 3.29. The fraction of sp³-hybridized carbons (Fsp3) is 0.364. The molecular formula is C11H13N3O4S. The van der Waals surface area contributed by atoms with E-state index in [2.05, 4.69) is 4.72 Å². The Labute approximate surface area is 109 Å². The van der Waals surface area contributed by atoms with E-state index in [1.165, 1.54) is 23.7 Å². The molecule has 0 atom stereocenters. The number of hydrogen-bond donors (Lipinski definition) is 2. The van der Waals surface area contributed by atoms with Crippen molar-refractivity contribution in [3.05, 3.63) is 22.7 Å². The molecule has 3 rings (SSSR count). The summed E-state index contributed by atoms with van der Waals surface area (Å²) in [6.07, 6.45) is 1.69. The number of benzene rings is 1. The summed E-state index contributed by atoms with van der Waals surface area (Å²) in [5.74, 6) is -0.577. The predicted molar refractivity (Wildman–Crippen MR) is 69.2 cm³/mol. The number of anilines is 1. The lowest BCUT2D eigenvalue weighted by atomic mass is 10.3. The van der Waals surface area contributed by atoms with E-state index < -0.39 is 15.8 Å². The topological polar surface area (TPSA) is 107 Å². The third-order valence-electron chi connectivity index (χ3n) is 3.09. The van der Waals surface area contributed by atoms with E-state index in [4.69, 9.17) is 10.2 Å². The Bertz CT molecular complexity index is 814. The molecule has 1 aliphatic carbocycles. The average Bonchev–Trinajstić information content (AvgIpc) is 3.05. The van der Waals surface area contributed by atoms with Crippen LogP contribution in [0.3, 0.4) is 0 Å². The number of sulfonamides is 1. The van der Waals surface area contributed by atoms with Gasteiger partial charge in [-0.15, -0.1) is 0 Å². The van der Waals surface area contributed by atoms with Gasteiger partial charge in [0.15, 0.2) is 5.58 Å². The van der Waals surface area contributed by atoms with Crippen molar-refractivity contribution >= 4 is 26.8 Å². The first-order chi connectivity index (χ1) is 8.88. The smallest absolute Gasteiger partial charge is 0.408 e. The van der Waals surface area contributed by atoms with Crippen molar-refractivity contribution in [1.82, 2.24) is 9.29 Å². The predicted octanol–water partition coefficient (Wildman–Crippen LogP) is 0.154. The summed E-state index contributed by atoms with van der Waals surface area (Å²) in [6, 6.07) is 2.66. The molecule has 1 aromatic carbocycles. The van der Waals surface area contributed by atoms with Crippen LogP contribution in [0, 0.1) is 0 Å². The second-order valence-corrected chi connectivity index (χ2v) is 6.40. The highest BCUT2D eigenvalue weighted by Gasteiger charge is 2.28. The normalized spacial score (nSPS) is 16.1. The molecule has 3 N–H and O–H groups in total. The molecule has 0 amide bonds. The van der Waals surface area contributed by atoms with Gasteiger partial charge in [-0.3, -0.25) is 4.57 Å². The molecule has 1 heterocycles. The Balaban J connectivity index is 2.18. The van der Waals surface area contributed by atoms with E-state index in [9.17, 15) is 13.2 Å². The SMILES string of the molecule is Cn1c(=O)oc2cc(S(=O)(=O)NC3CC3)cc(N)c21. The molecule has 19 heavy (non-hydrogen) atoms. The Morgan fingerprint density at radius 3 is 2.74 bits per heavy atom. The van der Waals surface area contributed by atoms with Crippen LogP contribution in [0.15, 0.2) is 26.2 Å². The molecule has 0 aliphatic heterocycles. The van der Waals surface area contributed by atoms with E-state index in [-0.39, 0.29) is 22.2 Å². The summed E-state index contributed by atoms with van der Waals surface area (Å²) in [5.41, 5.74) is 6.57. The summed E-state index contributed by atoms with van der Waals surface area (Å²) in [4.78, 5) is 11.4. The Kier molecular flexibility index (Phi) is 2.48. The molecular weight excluding hydrogens is 270 g/mol. The van der Waals surface area contributed by atoms with Crippen LogP contribution in [0.25, 0.3) is 11.1 Å². The third kappa shape index (κ3) is 2.02. The van der Waals surface area contributed by atoms with Gasteiger partial charge < -0.3 is 10.2 Å². The molecule has 0 radical (unpaired) electrons. The van der Waals surface area contributed by atoms with Crippen molar-refractivity contribution < 1.29 is 12.8 Å². The van der Waals surface area contributed by atoms with Gasteiger partial charge in [0.1, 0.15) is 5.52 Å². The molecule has 0 saturated heterocycles. The van der Waals surface area contributed by atoms with Gasteiger partial charge in [0.25, 0.3) is 0 Å². The first-order valence-corrected chi connectivity index (χ1v) is 7.28. The van der Waals surface area contributed by atoms with Crippen molar-refractivity contribution in [2.45, 2.75) is 23.8 Å². The second-order valence-electron chi connectivity index (χ2n) is 4.68. The van der Waals surface area contributed by atoms with Gasteiger partial charge in [-0.05, 0) is 18.9 Å². The van der Waals surface area contributed by atoms with Crippen LogP contribution < -0.4 is 16.2 Å². The number of aromatic nitrogens is 1. The molecule has 0 unspecified atom stereocenters. The number of nitrogen functional groups attached to an aromatic ring is 1. The zero-order valence-corrected chi connectivity index (χ0v) is 11.0. The van der Waals surface area contributed by atoms with Gasteiger partial charge in [0, 0.05) is 19.2 Å². The van der Waals surface area contributed by atoms with Crippen LogP contribution >= 0.6 is 0 Å². The number of nitrogens with two attached hydrogens (primary N) is 1. The number of rotatable bonds is 3. The lowest BCUT2D eigenvalue weighted by Gasteiger charge is -2.06. The summed E-state index contributed by atoms with van der Waals surface area (Å²) in [5, 5.41) is 0. The van der Waals surface area contributed by atoms with E-state index in [0.717, 1.165) is 12.8 Å². The van der Waals surface area contributed by atoms with Crippen molar-refractivity contribution in [2.24, 2.45) is 7.05 Å². The summed E-state index contributed by atoms with van der Waals surface area (Å²) in [6.45, 7) is 0. The van der Waals surface area contributed by atoms with Crippen LogP contribution in [-0.2, 0) is 17.1 Å². The molecule has 102 valence electrons. The molecule has 7 nitrogen and oxygen atoms in total. The van der Waals surface area contributed by atoms with Crippen LogP contribution in [0.1, 0.15) is 12.8 Å². The van der Waals surface area contributed by atoms with E-state index in [1.54, 1.807) is 0 Å². The zero-order chi connectivity index (χ0) is 13.8. The summed E-state index contributed by atoms with van der Waals surface area (Å²) in [7, 11) is -2.10. The number of nitrogens with zero attached hydrogens (tertiary/aromatic N) is 1. The molecule has 0 bridgehead atoms. The van der Waals surface area contributed by atoms with Crippen LogP contribution in [0.2, 0.25) is 0 Å². The number of aryl methyl sites for hydroxylation is 1. The lowest BCUT2D eigenvalue weighted by molar-refractivity contribution is 0.527. The van der Waals surface area contributed by atoms with E-state index in [0.29, 0.717) is 5.52 Å². The summed E-state index contributed by atoms with van der Waals surface area (Å²) < 4.78 is 32.9. The maximum Gasteiger partial charge on any atom is 0.419 e. The molecule has 1 aliphatic rings. The van der Waals surface area contributed by atoms with Gasteiger partial charge in [-0.25, -0.2) is 17.9 Å². The van der Waals surface area contributed by atoms with Crippen LogP contribution in [-0.4, -0.2) is 19.0 Å². The number of oxazole rings is 1. The fourth-order valence-electron chi connectivity index (χ4n) is 1.94. The zero-order valence-electron chi connectivity index (χ0n) is 10.2. The van der Waals surface area contributed by atoms with Gasteiger partial charge in [-0.1, -0.05) is 0 Å². The Morgan fingerprint density at radius 1 is 1.42 bits per heavy atom. The minimum Gasteiger partial charge on any atom is -0.408 e. The van der Waals surface area contributed by atoms with Crippen molar-refractivity contribution in [2.75, 3.05) is 5.73 Å². The van der Waals surface area contributed by atoms with E-state index >= 15 is 0 Å². The second kappa shape index (κ2) is 3.84. The average molecular weight is 283 g/mol. The highest BCUT2D eigenvalue weighted by atomic mass is 32.2. The lowest BCUT2D eigenvalue weighted by Crippen LogP contribution is -2.25. The number of nitrogens with one attached hydrogen (secondary N) is 1. The summed E-state index contributed by atoms with van der Waals surface area (Å²) >= 11 is 0. The maximum atomic E-state index is 12.1. The monoisotopic (exact) mass is 283 g/mol. The Morgan fingerprint density at radius 2 is 2.11 bits per heavy atom. The van der Waals surface area contributed by atoms with Crippen LogP contribution in [0.5, 0.6) is 0 Å². The van der Waals surface area contributed by atoms with Crippen LogP contribution in [0.4, 0.5) is 5.69 Å². The molecule has 1 fully saturated rings. The van der Waals surface area contributed by atoms with E-state index in [1.807, 2.05) is 0 Å².